The van der Waals surface area contributed by atoms with Crippen LogP contribution in [0.3, 0.4) is 0 Å². The summed E-state index contributed by atoms with van der Waals surface area (Å²) in [5.74, 6) is -0.378. The lowest BCUT2D eigenvalue weighted by molar-refractivity contribution is -0.126. The lowest BCUT2D eigenvalue weighted by atomic mass is 10.0. The van der Waals surface area contributed by atoms with Gasteiger partial charge in [0, 0.05) is 25.0 Å². The summed E-state index contributed by atoms with van der Waals surface area (Å²) < 4.78 is 5.40. The number of aliphatic hydroxyl groups excluding tert-OH is 1. The normalized spacial score (nSPS) is 17.5. The molecule has 3 aromatic carbocycles. The molecule has 0 saturated carbocycles. The number of hydrogen-bond donors (Lipinski definition) is 1. The van der Waals surface area contributed by atoms with E-state index >= 15 is 0 Å². The van der Waals surface area contributed by atoms with Crippen LogP contribution >= 0.6 is 11.8 Å². The van der Waals surface area contributed by atoms with Crippen molar-refractivity contribution in [2.24, 2.45) is 0 Å². The number of fused-ring (bicyclic) bond motifs is 1. The minimum atomic E-state index is -1.22. The summed E-state index contributed by atoms with van der Waals surface area (Å²) in [6, 6.07) is 23.3. The third-order valence-corrected chi connectivity index (χ3v) is 7.41. The predicted octanol–water partition coefficient (Wildman–Crippen LogP) is 5.11. The molecule has 35 heavy (non-hydrogen) atoms. The minimum Gasteiger partial charge on any atom is -0.445 e. The molecule has 0 radical (unpaired) electrons. The Morgan fingerprint density at radius 2 is 1.71 bits per heavy atom. The van der Waals surface area contributed by atoms with E-state index in [4.69, 9.17) is 4.74 Å². The van der Waals surface area contributed by atoms with Gasteiger partial charge in [-0.05, 0) is 42.7 Å². The van der Waals surface area contributed by atoms with Crippen LogP contribution < -0.4 is 4.90 Å². The molecule has 1 aliphatic rings. The zero-order valence-electron chi connectivity index (χ0n) is 20.2. The second-order valence-electron chi connectivity index (χ2n) is 8.82. The van der Waals surface area contributed by atoms with Crippen molar-refractivity contribution in [3.05, 3.63) is 95.1 Å². The molecule has 0 aliphatic carbocycles. The molecule has 1 aliphatic heterocycles. The summed E-state index contributed by atoms with van der Waals surface area (Å²) in [5, 5.41) is 10.7. The Labute approximate surface area is 210 Å². The van der Waals surface area contributed by atoms with Crippen LogP contribution in [0.15, 0.2) is 77.7 Å². The number of aliphatic hydroxyl groups is 1. The van der Waals surface area contributed by atoms with Crippen LogP contribution in [0.1, 0.15) is 27.5 Å². The number of ether oxygens (including phenoxy) is 1. The smallest absolute Gasteiger partial charge is 0.409 e. The van der Waals surface area contributed by atoms with E-state index in [1.807, 2.05) is 86.6 Å². The fraction of sp³-hybridized carbons (Fsp3) is 0.286. The van der Waals surface area contributed by atoms with E-state index in [0.717, 1.165) is 32.8 Å². The number of benzene rings is 3. The maximum absolute atomic E-state index is 13.5. The van der Waals surface area contributed by atoms with E-state index in [0.29, 0.717) is 0 Å². The summed E-state index contributed by atoms with van der Waals surface area (Å²) in [7, 11) is 1.64. The monoisotopic (exact) mass is 490 g/mol. The number of anilines is 1. The molecule has 7 heteroatoms. The first kappa shape index (κ1) is 24.8. The van der Waals surface area contributed by atoms with Gasteiger partial charge in [0.15, 0.2) is 0 Å². The van der Waals surface area contributed by atoms with Crippen LogP contribution in [0.4, 0.5) is 10.5 Å². The first-order valence-electron chi connectivity index (χ1n) is 11.6. The van der Waals surface area contributed by atoms with Crippen LogP contribution in [0.5, 0.6) is 0 Å². The second-order valence-corrected chi connectivity index (χ2v) is 10.0. The molecule has 4 rings (SSSR count). The van der Waals surface area contributed by atoms with Gasteiger partial charge >= 0.3 is 6.09 Å². The molecule has 2 amide bonds. The third-order valence-electron chi connectivity index (χ3n) is 6.05. The first-order valence-corrected chi connectivity index (χ1v) is 12.5. The van der Waals surface area contributed by atoms with Gasteiger partial charge < -0.3 is 19.6 Å². The van der Waals surface area contributed by atoms with E-state index in [1.54, 1.807) is 11.9 Å². The molecule has 1 N–H and O–H groups in total. The molecule has 2 atom stereocenters. The molecule has 0 saturated heterocycles. The zero-order chi connectivity index (χ0) is 24.9. The Bertz CT molecular complexity index is 1180. The highest BCUT2D eigenvalue weighted by atomic mass is 32.2. The van der Waals surface area contributed by atoms with E-state index in [-0.39, 0.29) is 25.6 Å². The van der Waals surface area contributed by atoms with Gasteiger partial charge in [-0.1, -0.05) is 66.2 Å². The Hall–Kier alpha value is -3.29. The van der Waals surface area contributed by atoms with Gasteiger partial charge in [0.1, 0.15) is 12.7 Å². The third kappa shape index (κ3) is 5.86. The quantitative estimate of drug-likeness (QED) is 0.520. The van der Waals surface area contributed by atoms with E-state index in [1.165, 1.54) is 16.7 Å². The van der Waals surface area contributed by atoms with Crippen LogP contribution in [0.25, 0.3) is 0 Å². The van der Waals surface area contributed by atoms with Gasteiger partial charge in [-0.2, -0.15) is 0 Å². The molecule has 0 aromatic heterocycles. The summed E-state index contributed by atoms with van der Waals surface area (Å²) in [5.41, 5.74) is 4.74. The van der Waals surface area contributed by atoms with Gasteiger partial charge in [0.2, 0.25) is 0 Å². The van der Waals surface area contributed by atoms with Gasteiger partial charge in [0.05, 0.1) is 10.9 Å². The largest absolute Gasteiger partial charge is 0.445 e. The average molecular weight is 491 g/mol. The highest BCUT2D eigenvalue weighted by Gasteiger charge is 2.37. The number of carbonyl (C=O) groups is 2. The maximum Gasteiger partial charge on any atom is 0.409 e. The maximum atomic E-state index is 13.5. The SMILES string of the molecule is Cc1ccc([C@@H]2Sc3cc(C)ccc3N(CCN(C)C(=O)OCc3ccccc3)C(=O)[C@@H]2O)cc1. The Balaban J connectivity index is 1.50. The van der Waals surface area contributed by atoms with Crippen molar-refractivity contribution in [3.63, 3.8) is 0 Å². The molecule has 0 bridgehead atoms. The number of thioether (sulfide) groups is 1. The van der Waals surface area contributed by atoms with Crippen LogP contribution in [-0.2, 0) is 16.1 Å². The number of hydrogen-bond acceptors (Lipinski definition) is 5. The van der Waals surface area contributed by atoms with Crippen molar-refractivity contribution >= 4 is 29.4 Å². The minimum absolute atomic E-state index is 0.183. The second kappa shape index (κ2) is 11.0. The first-order chi connectivity index (χ1) is 16.8. The molecule has 0 unspecified atom stereocenters. The molecule has 0 fully saturated rings. The summed E-state index contributed by atoms with van der Waals surface area (Å²) >= 11 is 1.50. The lowest BCUT2D eigenvalue weighted by Gasteiger charge is -2.27. The predicted molar refractivity (Wildman–Crippen MR) is 139 cm³/mol. The standard InChI is InChI=1S/C28H30N2O4S/c1-19-9-12-22(13-10-19)26-25(31)27(32)30(23-14-11-20(2)17-24(23)35-26)16-15-29(3)28(33)34-18-21-7-5-4-6-8-21/h4-14,17,25-26,31H,15-16,18H2,1-3H3/t25-,26+/m1/s1. The number of likely N-dealkylation sites (N-methyl/N-ethyl adjacent to an activating group) is 1. The molecule has 1 heterocycles. The summed E-state index contributed by atoms with van der Waals surface area (Å²) in [6.07, 6.45) is -1.68. The fourth-order valence-electron chi connectivity index (χ4n) is 3.96. The van der Waals surface area contributed by atoms with Crippen LogP contribution in [0, 0.1) is 13.8 Å². The summed E-state index contributed by atoms with van der Waals surface area (Å²) in [4.78, 5) is 29.9. The average Bonchev–Trinajstić information content (AvgIpc) is 2.96. The van der Waals surface area contributed by atoms with Crippen molar-refractivity contribution in [2.45, 2.75) is 36.7 Å². The number of rotatable bonds is 6. The van der Waals surface area contributed by atoms with Gasteiger partial charge in [-0.25, -0.2) is 4.79 Å². The topological polar surface area (TPSA) is 70.1 Å². The molecule has 6 nitrogen and oxygen atoms in total. The highest BCUT2D eigenvalue weighted by Crippen LogP contribution is 2.46. The fourth-order valence-corrected chi connectivity index (χ4v) is 5.32. The number of carbonyl (C=O) groups excluding carboxylic acids is 2. The van der Waals surface area contributed by atoms with Gasteiger partial charge in [0.25, 0.3) is 5.91 Å². The molecule has 3 aromatic rings. The molecule has 182 valence electrons. The van der Waals surface area contributed by atoms with Crippen molar-refractivity contribution in [3.8, 4) is 0 Å². The molecule has 0 spiro atoms. The van der Waals surface area contributed by atoms with Gasteiger partial charge in [-0.15, -0.1) is 11.8 Å². The Kier molecular flexibility index (Phi) is 7.78. The summed E-state index contributed by atoms with van der Waals surface area (Å²) in [6.45, 7) is 4.70. The van der Waals surface area contributed by atoms with Crippen LogP contribution in [0.2, 0.25) is 0 Å². The van der Waals surface area contributed by atoms with Gasteiger partial charge in [-0.3, -0.25) is 4.79 Å². The van der Waals surface area contributed by atoms with E-state index in [2.05, 4.69) is 0 Å². The van der Waals surface area contributed by atoms with E-state index in [9.17, 15) is 14.7 Å². The van der Waals surface area contributed by atoms with Crippen LogP contribution in [-0.4, -0.2) is 48.2 Å². The van der Waals surface area contributed by atoms with Crippen molar-refractivity contribution in [2.75, 3.05) is 25.0 Å². The molecular formula is C28H30N2O4S. The van der Waals surface area contributed by atoms with Crippen molar-refractivity contribution in [1.29, 1.82) is 0 Å². The number of amides is 2. The Morgan fingerprint density at radius 1 is 1.03 bits per heavy atom. The van der Waals surface area contributed by atoms with E-state index < -0.39 is 17.4 Å². The Morgan fingerprint density at radius 3 is 2.43 bits per heavy atom. The number of aryl methyl sites for hydroxylation is 2. The lowest BCUT2D eigenvalue weighted by Crippen LogP contribution is -2.44. The van der Waals surface area contributed by atoms with Crippen molar-refractivity contribution in [1.82, 2.24) is 4.90 Å². The number of nitrogens with zero attached hydrogens (tertiary/aromatic N) is 2. The highest BCUT2D eigenvalue weighted by molar-refractivity contribution is 7.99. The zero-order valence-corrected chi connectivity index (χ0v) is 21.0. The van der Waals surface area contributed by atoms with Crippen molar-refractivity contribution < 1.29 is 19.4 Å². The molecular weight excluding hydrogens is 460 g/mol.